The van der Waals surface area contributed by atoms with E-state index in [1.807, 2.05) is 19.2 Å². The lowest BCUT2D eigenvalue weighted by Crippen LogP contribution is -2.16. The van der Waals surface area contributed by atoms with Crippen LogP contribution in [0.4, 0.5) is 5.82 Å². The van der Waals surface area contributed by atoms with Crippen LogP contribution in [0.1, 0.15) is 5.69 Å². The van der Waals surface area contributed by atoms with Gasteiger partial charge in [-0.3, -0.25) is 0 Å². The minimum Gasteiger partial charge on any atom is -0.372 e. The van der Waals surface area contributed by atoms with Crippen LogP contribution in [0.5, 0.6) is 0 Å². The predicted octanol–water partition coefficient (Wildman–Crippen LogP) is 1.75. The maximum Gasteiger partial charge on any atom is 0.148 e. The molecule has 0 spiro atoms. The average molecular weight is 205 g/mol. The van der Waals surface area contributed by atoms with E-state index < -0.39 is 8.07 Å². The van der Waals surface area contributed by atoms with Crippen LogP contribution in [0.3, 0.4) is 0 Å². The molecule has 0 aliphatic carbocycles. The molecular formula is C10H15N3Si. The molecule has 0 aromatic carbocycles. The summed E-state index contributed by atoms with van der Waals surface area (Å²) >= 11 is 0. The van der Waals surface area contributed by atoms with Crippen molar-refractivity contribution in [2.75, 3.05) is 12.4 Å². The molecule has 0 saturated carbocycles. The molecular weight excluding hydrogens is 190 g/mol. The molecule has 1 rings (SSSR count). The standard InChI is InChI=1S/C10H15N3Si/c1-11-10-6-5-9(12-13-10)7-8-14(2,3)4/h5-6H,1-4H3,(H,11,13). The Bertz CT molecular complexity index is 354. The van der Waals surface area contributed by atoms with Crippen molar-refractivity contribution in [1.82, 2.24) is 10.2 Å². The van der Waals surface area contributed by atoms with Gasteiger partial charge in [0.1, 0.15) is 19.6 Å². The van der Waals surface area contributed by atoms with Crippen LogP contribution in [-0.2, 0) is 0 Å². The SMILES string of the molecule is CNc1ccc(C#C[Si](C)(C)C)nn1. The van der Waals surface area contributed by atoms with Gasteiger partial charge in [-0.05, 0) is 12.1 Å². The van der Waals surface area contributed by atoms with Gasteiger partial charge in [-0.15, -0.1) is 15.7 Å². The number of nitrogens with one attached hydrogen (secondary N) is 1. The van der Waals surface area contributed by atoms with Crippen molar-refractivity contribution >= 4 is 13.9 Å². The van der Waals surface area contributed by atoms with Crippen molar-refractivity contribution in [1.29, 1.82) is 0 Å². The van der Waals surface area contributed by atoms with Crippen LogP contribution < -0.4 is 5.32 Å². The fourth-order valence-corrected chi connectivity index (χ4v) is 1.29. The van der Waals surface area contributed by atoms with Crippen molar-refractivity contribution in [3.63, 3.8) is 0 Å². The summed E-state index contributed by atoms with van der Waals surface area (Å²) in [5, 5.41) is 10.9. The highest BCUT2D eigenvalue weighted by molar-refractivity contribution is 6.83. The smallest absolute Gasteiger partial charge is 0.148 e. The fourth-order valence-electron chi connectivity index (χ4n) is 0.784. The summed E-state index contributed by atoms with van der Waals surface area (Å²) in [5.74, 6) is 3.81. The molecule has 1 N–H and O–H groups in total. The highest BCUT2D eigenvalue weighted by Gasteiger charge is 2.07. The summed E-state index contributed by atoms with van der Waals surface area (Å²) in [7, 11) is 0.510. The molecule has 1 heterocycles. The summed E-state index contributed by atoms with van der Waals surface area (Å²) in [5.41, 5.74) is 3.98. The zero-order chi connectivity index (χ0) is 10.6. The second kappa shape index (κ2) is 4.25. The Morgan fingerprint density at radius 1 is 1.21 bits per heavy atom. The van der Waals surface area contributed by atoms with Gasteiger partial charge in [-0.25, -0.2) is 0 Å². The first-order valence-electron chi connectivity index (χ1n) is 4.56. The van der Waals surface area contributed by atoms with Crippen molar-refractivity contribution in [2.24, 2.45) is 0 Å². The number of nitrogens with zero attached hydrogens (tertiary/aromatic N) is 2. The first kappa shape index (κ1) is 10.7. The fraction of sp³-hybridized carbons (Fsp3) is 0.400. The third-order valence-electron chi connectivity index (χ3n) is 1.49. The third kappa shape index (κ3) is 3.58. The summed E-state index contributed by atoms with van der Waals surface area (Å²) < 4.78 is 0. The molecule has 0 aliphatic heterocycles. The molecule has 0 radical (unpaired) electrons. The van der Waals surface area contributed by atoms with Crippen molar-refractivity contribution < 1.29 is 0 Å². The quantitative estimate of drug-likeness (QED) is 0.560. The zero-order valence-electron chi connectivity index (χ0n) is 9.05. The number of anilines is 1. The lowest BCUT2D eigenvalue weighted by molar-refractivity contribution is 1.01. The minimum absolute atomic E-state index is 0.742. The Morgan fingerprint density at radius 3 is 2.36 bits per heavy atom. The molecule has 0 amide bonds. The molecule has 0 saturated heterocycles. The minimum atomic E-state index is -1.31. The second-order valence-corrected chi connectivity index (χ2v) is 8.80. The molecule has 0 aliphatic rings. The first-order valence-corrected chi connectivity index (χ1v) is 8.06. The van der Waals surface area contributed by atoms with Gasteiger partial charge in [0, 0.05) is 7.05 Å². The molecule has 0 bridgehead atoms. The van der Waals surface area contributed by atoms with Gasteiger partial charge < -0.3 is 5.32 Å². The molecule has 3 nitrogen and oxygen atoms in total. The first-order chi connectivity index (χ1) is 6.51. The van der Waals surface area contributed by atoms with E-state index in [1.54, 1.807) is 0 Å². The highest BCUT2D eigenvalue weighted by atomic mass is 28.3. The number of aromatic nitrogens is 2. The summed E-state index contributed by atoms with van der Waals surface area (Å²) in [6.07, 6.45) is 0. The van der Waals surface area contributed by atoms with Gasteiger partial charge in [0.2, 0.25) is 0 Å². The molecule has 14 heavy (non-hydrogen) atoms. The summed E-state index contributed by atoms with van der Waals surface area (Å²) in [4.78, 5) is 0. The van der Waals surface area contributed by atoms with Crippen LogP contribution >= 0.6 is 0 Å². The lowest BCUT2D eigenvalue weighted by atomic mass is 10.4. The Morgan fingerprint density at radius 2 is 1.93 bits per heavy atom. The molecule has 1 aromatic rings. The molecule has 4 heteroatoms. The van der Waals surface area contributed by atoms with Gasteiger partial charge in [-0.2, -0.15) is 0 Å². The Kier molecular flexibility index (Phi) is 3.26. The van der Waals surface area contributed by atoms with E-state index in [1.165, 1.54) is 0 Å². The molecule has 0 unspecified atom stereocenters. The van der Waals surface area contributed by atoms with E-state index in [4.69, 9.17) is 0 Å². The third-order valence-corrected chi connectivity index (χ3v) is 2.36. The van der Waals surface area contributed by atoms with Crippen LogP contribution in [0, 0.1) is 11.5 Å². The Balaban J connectivity index is 2.82. The average Bonchev–Trinajstić information content (AvgIpc) is 2.14. The Hall–Kier alpha value is -1.34. The van der Waals surface area contributed by atoms with Crippen LogP contribution in [-0.4, -0.2) is 25.3 Å². The van der Waals surface area contributed by atoms with E-state index in [-0.39, 0.29) is 0 Å². The van der Waals surface area contributed by atoms with E-state index in [2.05, 4.69) is 46.6 Å². The van der Waals surface area contributed by atoms with E-state index in [9.17, 15) is 0 Å². The molecule has 74 valence electrons. The largest absolute Gasteiger partial charge is 0.372 e. The topological polar surface area (TPSA) is 37.8 Å². The van der Waals surface area contributed by atoms with Gasteiger partial charge in [0.15, 0.2) is 0 Å². The summed E-state index contributed by atoms with van der Waals surface area (Å²) in [6, 6.07) is 3.76. The Labute approximate surface area is 86.0 Å². The number of hydrogen-bond acceptors (Lipinski definition) is 3. The maximum atomic E-state index is 3.99. The molecule has 1 aromatic heterocycles. The highest BCUT2D eigenvalue weighted by Crippen LogP contribution is 2.01. The number of hydrogen-bond donors (Lipinski definition) is 1. The van der Waals surface area contributed by atoms with E-state index in [0.29, 0.717) is 0 Å². The van der Waals surface area contributed by atoms with Crippen molar-refractivity contribution in [3.8, 4) is 11.5 Å². The van der Waals surface area contributed by atoms with E-state index >= 15 is 0 Å². The van der Waals surface area contributed by atoms with Gasteiger partial charge in [-0.1, -0.05) is 25.6 Å². The van der Waals surface area contributed by atoms with Crippen molar-refractivity contribution in [3.05, 3.63) is 17.8 Å². The van der Waals surface area contributed by atoms with E-state index in [0.717, 1.165) is 11.5 Å². The maximum absolute atomic E-state index is 3.99. The monoisotopic (exact) mass is 205 g/mol. The second-order valence-electron chi connectivity index (χ2n) is 4.05. The summed E-state index contributed by atoms with van der Waals surface area (Å²) in [6.45, 7) is 6.61. The van der Waals surface area contributed by atoms with Crippen molar-refractivity contribution in [2.45, 2.75) is 19.6 Å². The normalized spacial score (nSPS) is 10.3. The molecule has 0 fully saturated rings. The van der Waals surface area contributed by atoms with Gasteiger partial charge in [0.05, 0.1) is 0 Å². The van der Waals surface area contributed by atoms with Crippen LogP contribution in [0.15, 0.2) is 12.1 Å². The van der Waals surface area contributed by atoms with Gasteiger partial charge >= 0.3 is 0 Å². The molecule has 0 atom stereocenters. The van der Waals surface area contributed by atoms with Crippen LogP contribution in [0.2, 0.25) is 19.6 Å². The number of rotatable bonds is 1. The van der Waals surface area contributed by atoms with Crippen LogP contribution in [0.25, 0.3) is 0 Å². The predicted molar refractivity (Wildman–Crippen MR) is 61.8 cm³/mol. The van der Waals surface area contributed by atoms with Gasteiger partial charge in [0.25, 0.3) is 0 Å². The zero-order valence-corrected chi connectivity index (χ0v) is 10.0. The lowest BCUT2D eigenvalue weighted by Gasteiger charge is -2.03.